The number of urea groups is 1. The number of piperidine rings is 2. The summed E-state index contributed by atoms with van der Waals surface area (Å²) in [6.45, 7) is 8.04. The molecular formula is C52H54FN13O4. The number of para-hydroxylation sites is 1. The number of pyridine rings is 2. The van der Waals surface area contributed by atoms with E-state index in [9.17, 15) is 19.2 Å². The minimum atomic E-state index is -0.452. The van der Waals surface area contributed by atoms with Gasteiger partial charge in [-0.05, 0) is 97.0 Å². The van der Waals surface area contributed by atoms with E-state index in [1.165, 1.54) is 15.6 Å². The Morgan fingerprint density at radius 1 is 0.729 bits per heavy atom. The number of hydrogen-bond donors (Lipinski definition) is 1. The molecule has 0 bridgehead atoms. The summed E-state index contributed by atoms with van der Waals surface area (Å²) < 4.78 is 21.5. The molecule has 0 aliphatic carbocycles. The molecule has 4 aromatic heterocycles. The van der Waals surface area contributed by atoms with Crippen LogP contribution in [0.3, 0.4) is 0 Å². The molecule has 358 valence electrons. The molecule has 4 amide bonds. The monoisotopic (exact) mass is 943 g/mol. The molecule has 17 nitrogen and oxygen atoms in total. The van der Waals surface area contributed by atoms with Gasteiger partial charge in [0.25, 0.3) is 0 Å². The second-order valence-corrected chi connectivity index (χ2v) is 18.6. The van der Waals surface area contributed by atoms with Gasteiger partial charge in [-0.3, -0.25) is 43.8 Å². The number of carbonyl (C=O) groups is 3. The summed E-state index contributed by atoms with van der Waals surface area (Å²) in [5.74, 6) is -0.800. The molecule has 4 saturated heterocycles. The number of halogens is 1. The number of fused-ring (bicyclic) bond motifs is 1. The van der Waals surface area contributed by atoms with Crippen LogP contribution in [0.4, 0.5) is 32.1 Å². The van der Waals surface area contributed by atoms with Gasteiger partial charge in [0.2, 0.25) is 11.8 Å². The third-order valence-corrected chi connectivity index (χ3v) is 14.7. The number of aryl methyl sites for hydroxylation is 2. The van der Waals surface area contributed by atoms with Gasteiger partial charge in [0.15, 0.2) is 0 Å². The first-order valence-corrected chi connectivity index (χ1v) is 24.1. The molecule has 70 heavy (non-hydrogen) atoms. The summed E-state index contributed by atoms with van der Waals surface area (Å²) in [7, 11) is 3.56. The molecule has 1 atom stereocenters. The van der Waals surface area contributed by atoms with Gasteiger partial charge >= 0.3 is 11.7 Å². The number of amides is 4. The summed E-state index contributed by atoms with van der Waals surface area (Å²) in [6, 6.07) is 22.9. The van der Waals surface area contributed by atoms with Gasteiger partial charge in [-0.25, -0.2) is 19.0 Å². The highest BCUT2D eigenvalue weighted by molar-refractivity contribution is 6.07. The normalized spacial score (nSPS) is 18.4. The molecular weight excluding hydrogens is 890 g/mol. The zero-order valence-corrected chi connectivity index (χ0v) is 39.5. The third kappa shape index (κ3) is 7.94. The lowest BCUT2D eigenvalue weighted by Gasteiger charge is -2.44. The largest absolute Gasteiger partial charge is 0.371 e. The fourth-order valence-corrected chi connectivity index (χ4v) is 11.0. The molecule has 4 aliphatic rings. The lowest BCUT2D eigenvalue weighted by Crippen LogP contribution is -2.53. The summed E-state index contributed by atoms with van der Waals surface area (Å²) in [5, 5.41) is 12.6. The number of imide groups is 1. The summed E-state index contributed by atoms with van der Waals surface area (Å²) >= 11 is 0. The Balaban J connectivity index is 0.811. The topological polar surface area (TPSA) is 163 Å². The second-order valence-electron chi connectivity index (χ2n) is 18.6. The number of hydrogen-bond acceptors (Lipinski definition) is 11. The maximum Gasteiger partial charge on any atom is 0.350 e. The third-order valence-electron chi connectivity index (χ3n) is 14.7. The first-order valence-electron chi connectivity index (χ1n) is 24.1. The Hall–Kier alpha value is -7.73. The van der Waals surface area contributed by atoms with Crippen LogP contribution in [0.2, 0.25) is 0 Å². The minimum Gasteiger partial charge on any atom is -0.371 e. The minimum absolute atomic E-state index is 0.190. The van der Waals surface area contributed by atoms with E-state index in [2.05, 4.69) is 36.2 Å². The summed E-state index contributed by atoms with van der Waals surface area (Å²) in [4.78, 5) is 71.3. The standard InChI is InChI=1S/C52H54FN13O4/c1-4-37-39(16-20-55-49(37)65-28-27-64(52(65)70)36-7-6-19-54-31-36)38-12-11-35(66-51(69)59(2)32-56-66)29-43(38)40-13-10-34(30-44(40)53)61-21-17-33(18-22-61)62-23-25-63(26-24-62)45-9-5-8-41-47(58-60(3)48(41)45)42-14-15-46(67)57-50(42)68/h5-13,16,19-20,29-33,42H,4,14-15,17-18,21-28H2,1-3H3,(H,57,67,68). The Kier molecular flexibility index (Phi) is 11.7. The molecule has 1 unspecified atom stereocenters. The highest BCUT2D eigenvalue weighted by Crippen LogP contribution is 2.41. The van der Waals surface area contributed by atoms with E-state index < -0.39 is 5.92 Å². The van der Waals surface area contributed by atoms with E-state index in [0.717, 1.165) is 96.8 Å². The molecule has 0 radical (unpaired) electrons. The van der Waals surface area contributed by atoms with Gasteiger partial charge in [-0.1, -0.05) is 25.1 Å². The van der Waals surface area contributed by atoms with Gasteiger partial charge in [-0.15, -0.1) is 0 Å². The predicted molar refractivity (Wildman–Crippen MR) is 266 cm³/mol. The van der Waals surface area contributed by atoms with E-state index in [4.69, 9.17) is 10.1 Å². The molecule has 7 aromatic rings. The van der Waals surface area contributed by atoms with Crippen molar-refractivity contribution in [2.24, 2.45) is 14.1 Å². The van der Waals surface area contributed by atoms with Crippen LogP contribution in [0.5, 0.6) is 0 Å². The zero-order chi connectivity index (χ0) is 48.2. The van der Waals surface area contributed by atoms with Crippen molar-refractivity contribution < 1.29 is 18.8 Å². The second kappa shape index (κ2) is 18.3. The molecule has 8 heterocycles. The zero-order valence-electron chi connectivity index (χ0n) is 39.5. The molecule has 0 spiro atoms. The Morgan fingerprint density at radius 2 is 1.51 bits per heavy atom. The fraction of sp³-hybridized carbons (Fsp3) is 0.346. The van der Waals surface area contributed by atoms with E-state index >= 15 is 4.39 Å². The van der Waals surface area contributed by atoms with E-state index in [1.807, 2.05) is 73.3 Å². The SMILES string of the molecule is CCc1c(-c2ccc(-n3ncn(C)c3=O)cc2-c2ccc(N3CCC(N4CCN(c5cccc6c(C7CCC(=O)NC7=O)nn(C)c56)CC4)CC3)cc2F)ccnc1N1CCN(c2cccnc2)C1=O. The molecule has 4 fully saturated rings. The lowest BCUT2D eigenvalue weighted by atomic mass is 9.90. The van der Waals surface area contributed by atoms with Crippen LogP contribution in [0.1, 0.15) is 49.8 Å². The van der Waals surface area contributed by atoms with Gasteiger partial charge < -0.3 is 9.80 Å². The summed E-state index contributed by atoms with van der Waals surface area (Å²) in [5.41, 5.74) is 7.89. The Labute approximate surface area is 403 Å². The van der Waals surface area contributed by atoms with Crippen LogP contribution in [-0.2, 0) is 30.1 Å². The Morgan fingerprint density at radius 3 is 2.24 bits per heavy atom. The number of anilines is 4. The maximum absolute atomic E-state index is 16.9. The summed E-state index contributed by atoms with van der Waals surface area (Å²) in [6.07, 6.45) is 9.72. The number of piperazine rings is 1. The van der Waals surface area contributed by atoms with Crippen LogP contribution in [0, 0.1) is 5.82 Å². The maximum atomic E-state index is 16.9. The molecule has 18 heteroatoms. The van der Waals surface area contributed by atoms with Crippen molar-refractivity contribution >= 4 is 51.6 Å². The predicted octanol–water partition coefficient (Wildman–Crippen LogP) is 6.04. The fourth-order valence-electron chi connectivity index (χ4n) is 11.0. The average molecular weight is 944 g/mol. The molecule has 1 N–H and O–H groups in total. The van der Waals surface area contributed by atoms with Crippen LogP contribution >= 0.6 is 0 Å². The van der Waals surface area contributed by atoms with Gasteiger partial charge in [-0.2, -0.15) is 14.9 Å². The smallest absolute Gasteiger partial charge is 0.350 e. The quantitative estimate of drug-likeness (QED) is 0.159. The van der Waals surface area contributed by atoms with Crippen LogP contribution in [0.25, 0.3) is 38.8 Å². The van der Waals surface area contributed by atoms with Crippen molar-refractivity contribution in [3.8, 4) is 27.9 Å². The average Bonchev–Trinajstić information content (AvgIpc) is 4.06. The van der Waals surface area contributed by atoms with Crippen molar-refractivity contribution in [2.75, 3.05) is 72.0 Å². The van der Waals surface area contributed by atoms with Gasteiger partial charge in [0.05, 0.1) is 40.4 Å². The van der Waals surface area contributed by atoms with Gasteiger partial charge in [0, 0.05) is 114 Å². The van der Waals surface area contributed by atoms with Crippen LogP contribution in [-0.4, -0.2) is 115 Å². The number of benzene rings is 3. The van der Waals surface area contributed by atoms with Crippen molar-refractivity contribution in [1.29, 1.82) is 0 Å². The van der Waals surface area contributed by atoms with Crippen molar-refractivity contribution in [2.45, 2.75) is 51.0 Å². The first-order chi connectivity index (χ1) is 34.1. The first kappa shape index (κ1) is 44.8. The van der Waals surface area contributed by atoms with E-state index in [0.29, 0.717) is 66.7 Å². The Bertz CT molecular complexity index is 3220. The number of rotatable bonds is 10. The highest BCUT2D eigenvalue weighted by atomic mass is 19.1. The van der Waals surface area contributed by atoms with Crippen molar-refractivity contribution in [3.63, 3.8) is 0 Å². The molecule has 0 saturated carbocycles. The number of carbonyl (C=O) groups excluding carboxylic acids is 3. The number of aromatic nitrogens is 7. The molecule has 3 aromatic carbocycles. The van der Waals surface area contributed by atoms with Crippen molar-refractivity contribution in [1.82, 2.24) is 44.3 Å². The number of nitrogens with zero attached hydrogens (tertiary/aromatic N) is 12. The van der Waals surface area contributed by atoms with Gasteiger partial charge in [0.1, 0.15) is 18.0 Å². The van der Waals surface area contributed by atoms with E-state index in [-0.39, 0.29) is 29.4 Å². The number of nitrogens with one attached hydrogen (secondary N) is 1. The lowest BCUT2D eigenvalue weighted by molar-refractivity contribution is -0.134. The van der Waals surface area contributed by atoms with Crippen LogP contribution in [0.15, 0.2) is 103 Å². The van der Waals surface area contributed by atoms with Crippen LogP contribution < -0.4 is 30.6 Å². The highest BCUT2D eigenvalue weighted by Gasteiger charge is 2.36. The van der Waals surface area contributed by atoms with Crippen molar-refractivity contribution in [3.05, 3.63) is 125 Å². The molecule has 11 rings (SSSR count). The molecule has 4 aliphatic heterocycles. The van der Waals surface area contributed by atoms with E-state index in [1.54, 1.807) is 47.6 Å².